The third-order valence-corrected chi connectivity index (χ3v) is 5.94. The molecule has 4 rings (SSSR count). The van der Waals surface area contributed by atoms with Crippen LogP contribution < -0.4 is 0 Å². The Hall–Kier alpha value is -3.68. The molecule has 0 bridgehead atoms. The third kappa shape index (κ3) is 3.95. The van der Waals surface area contributed by atoms with Crippen LogP contribution in [0.15, 0.2) is 54.6 Å². The molecule has 0 aliphatic carbocycles. The second-order valence-corrected chi connectivity index (χ2v) is 8.22. The predicted octanol–water partition coefficient (Wildman–Crippen LogP) is 1.72. The zero-order chi connectivity index (χ0) is 22.8. The second-order valence-electron chi connectivity index (χ2n) is 8.22. The molecule has 2 aliphatic rings. The maximum Gasteiger partial charge on any atom is 0.319 e. The number of carbonyl (C=O) groups is 4. The number of imide groups is 1. The van der Waals surface area contributed by atoms with Crippen molar-refractivity contribution in [2.24, 2.45) is 0 Å². The zero-order valence-corrected chi connectivity index (χ0v) is 18.2. The van der Waals surface area contributed by atoms with Crippen molar-refractivity contribution in [3.8, 4) is 0 Å². The first-order valence-corrected chi connectivity index (χ1v) is 10.6. The molecule has 1 atom stereocenters. The van der Waals surface area contributed by atoms with Crippen LogP contribution in [0.3, 0.4) is 0 Å². The van der Waals surface area contributed by atoms with E-state index in [9.17, 15) is 19.2 Å². The minimum Gasteiger partial charge on any atom is -0.337 e. The Balaban J connectivity index is 1.58. The lowest BCUT2D eigenvalue weighted by molar-refractivity contribution is -0.136. The first-order chi connectivity index (χ1) is 15.4. The normalized spacial score (nSPS) is 16.8. The summed E-state index contributed by atoms with van der Waals surface area (Å²) in [5.41, 5.74) is 1.51. The fourth-order valence-electron chi connectivity index (χ4n) is 4.23. The van der Waals surface area contributed by atoms with Gasteiger partial charge in [-0.15, -0.1) is 0 Å². The predicted molar refractivity (Wildman–Crippen MR) is 118 cm³/mol. The van der Waals surface area contributed by atoms with E-state index >= 15 is 0 Å². The van der Waals surface area contributed by atoms with Crippen LogP contribution in [0, 0.1) is 0 Å². The number of fused-ring (bicyclic) bond motifs is 1. The summed E-state index contributed by atoms with van der Waals surface area (Å²) >= 11 is 0. The quantitative estimate of drug-likeness (QED) is 0.687. The van der Waals surface area contributed by atoms with E-state index in [0.29, 0.717) is 37.3 Å². The van der Waals surface area contributed by atoms with Crippen LogP contribution in [-0.4, -0.2) is 89.7 Å². The van der Waals surface area contributed by atoms with Gasteiger partial charge in [0.25, 0.3) is 11.8 Å². The molecular formula is C24H26N4O4. The van der Waals surface area contributed by atoms with Crippen LogP contribution in [0.25, 0.3) is 0 Å². The second kappa shape index (κ2) is 8.82. The van der Waals surface area contributed by atoms with Crippen molar-refractivity contribution >= 4 is 23.8 Å². The molecule has 2 aliphatic heterocycles. The molecule has 32 heavy (non-hydrogen) atoms. The van der Waals surface area contributed by atoms with Crippen molar-refractivity contribution in [2.45, 2.75) is 12.5 Å². The smallest absolute Gasteiger partial charge is 0.319 e. The van der Waals surface area contributed by atoms with E-state index < -0.39 is 17.9 Å². The number of nitrogens with zero attached hydrogens (tertiary/aromatic N) is 4. The van der Waals surface area contributed by atoms with Gasteiger partial charge in [0.05, 0.1) is 11.1 Å². The molecule has 2 aromatic rings. The molecule has 0 radical (unpaired) electrons. The van der Waals surface area contributed by atoms with Gasteiger partial charge >= 0.3 is 6.03 Å². The summed E-state index contributed by atoms with van der Waals surface area (Å²) in [4.78, 5) is 58.0. The molecule has 166 valence electrons. The maximum absolute atomic E-state index is 13.6. The Morgan fingerprint density at radius 1 is 0.812 bits per heavy atom. The molecule has 1 unspecified atom stereocenters. The maximum atomic E-state index is 13.6. The third-order valence-electron chi connectivity index (χ3n) is 5.94. The number of urea groups is 1. The highest BCUT2D eigenvalue weighted by molar-refractivity contribution is 6.22. The molecular weight excluding hydrogens is 408 g/mol. The van der Waals surface area contributed by atoms with Crippen LogP contribution >= 0.6 is 0 Å². The topological polar surface area (TPSA) is 81.2 Å². The van der Waals surface area contributed by atoms with Gasteiger partial charge in [-0.05, 0) is 17.7 Å². The molecule has 8 nitrogen and oxygen atoms in total. The molecule has 8 heteroatoms. The van der Waals surface area contributed by atoms with Gasteiger partial charge < -0.3 is 14.7 Å². The van der Waals surface area contributed by atoms with Crippen LogP contribution in [0.2, 0.25) is 0 Å². The van der Waals surface area contributed by atoms with Crippen molar-refractivity contribution < 1.29 is 19.2 Å². The Bertz CT molecular complexity index is 1010. The van der Waals surface area contributed by atoms with Gasteiger partial charge in [-0.3, -0.25) is 19.3 Å². The van der Waals surface area contributed by atoms with Crippen molar-refractivity contribution in [3.05, 3.63) is 71.3 Å². The van der Waals surface area contributed by atoms with Crippen LogP contribution in [0.4, 0.5) is 4.79 Å². The molecule has 0 aromatic heterocycles. The summed E-state index contributed by atoms with van der Waals surface area (Å²) in [6.45, 7) is 1.52. The minimum absolute atomic E-state index is 0.0988. The number of hydrogen-bond acceptors (Lipinski definition) is 4. The van der Waals surface area contributed by atoms with Crippen LogP contribution in [-0.2, 0) is 11.2 Å². The van der Waals surface area contributed by atoms with Crippen molar-refractivity contribution in [2.75, 3.05) is 40.3 Å². The van der Waals surface area contributed by atoms with E-state index in [1.54, 1.807) is 48.2 Å². The number of amides is 5. The van der Waals surface area contributed by atoms with E-state index in [1.165, 1.54) is 4.90 Å². The van der Waals surface area contributed by atoms with Gasteiger partial charge in [-0.2, -0.15) is 0 Å². The molecule has 1 fully saturated rings. The molecule has 0 spiro atoms. The number of benzene rings is 2. The Labute approximate surface area is 187 Å². The van der Waals surface area contributed by atoms with Crippen LogP contribution in [0.5, 0.6) is 0 Å². The lowest BCUT2D eigenvalue weighted by Crippen LogP contribution is -2.58. The SMILES string of the molecule is CN(C)C(=O)N1CCN(C(=O)C(Cc2ccccc2)N2C(=O)c3ccccc3C2=O)CC1. The highest BCUT2D eigenvalue weighted by Gasteiger charge is 2.44. The Kier molecular flexibility index (Phi) is 5.94. The Morgan fingerprint density at radius 2 is 1.31 bits per heavy atom. The first kappa shape index (κ1) is 21.5. The Morgan fingerprint density at radius 3 is 1.84 bits per heavy atom. The minimum atomic E-state index is -0.944. The van der Waals surface area contributed by atoms with Crippen molar-refractivity contribution in [1.29, 1.82) is 0 Å². The number of carbonyl (C=O) groups excluding carboxylic acids is 4. The standard InChI is InChI=1S/C24H26N4O4/c1-25(2)24(32)27-14-12-26(13-15-27)23(31)20(16-17-8-4-3-5-9-17)28-21(29)18-10-6-7-11-19(18)22(28)30/h3-11,20H,12-16H2,1-2H3. The molecule has 0 N–H and O–H groups in total. The molecule has 2 aromatic carbocycles. The summed E-state index contributed by atoms with van der Waals surface area (Å²) in [6.07, 6.45) is 0.238. The summed E-state index contributed by atoms with van der Waals surface area (Å²) in [7, 11) is 3.38. The van der Waals surface area contributed by atoms with E-state index in [4.69, 9.17) is 0 Å². The molecule has 5 amide bonds. The highest BCUT2D eigenvalue weighted by Crippen LogP contribution is 2.27. The highest BCUT2D eigenvalue weighted by atomic mass is 16.2. The monoisotopic (exact) mass is 434 g/mol. The lowest BCUT2D eigenvalue weighted by atomic mass is 10.0. The fourth-order valence-corrected chi connectivity index (χ4v) is 4.23. The zero-order valence-electron chi connectivity index (χ0n) is 18.2. The molecule has 1 saturated heterocycles. The number of rotatable bonds is 4. The van der Waals surface area contributed by atoms with Gasteiger partial charge in [-0.1, -0.05) is 42.5 Å². The average Bonchev–Trinajstić information content (AvgIpc) is 3.07. The largest absolute Gasteiger partial charge is 0.337 e. The fraction of sp³-hybridized carbons (Fsp3) is 0.333. The summed E-state index contributed by atoms with van der Waals surface area (Å²) in [6, 6.07) is 15.0. The van der Waals surface area contributed by atoms with Gasteiger partial charge in [-0.25, -0.2) is 4.79 Å². The van der Waals surface area contributed by atoms with Gasteiger partial charge in [0.2, 0.25) is 5.91 Å². The number of hydrogen-bond donors (Lipinski definition) is 0. The van der Waals surface area contributed by atoms with Gasteiger partial charge in [0.1, 0.15) is 6.04 Å². The van der Waals surface area contributed by atoms with E-state index in [0.717, 1.165) is 10.5 Å². The van der Waals surface area contributed by atoms with Crippen LogP contribution in [0.1, 0.15) is 26.3 Å². The average molecular weight is 434 g/mol. The summed E-state index contributed by atoms with van der Waals surface area (Å²) < 4.78 is 0. The summed E-state index contributed by atoms with van der Waals surface area (Å²) in [5, 5.41) is 0. The molecule has 2 heterocycles. The van der Waals surface area contributed by atoms with Gasteiger partial charge in [0.15, 0.2) is 0 Å². The first-order valence-electron chi connectivity index (χ1n) is 10.6. The van der Waals surface area contributed by atoms with Gasteiger partial charge in [0, 0.05) is 46.7 Å². The van der Waals surface area contributed by atoms with E-state index in [2.05, 4.69) is 0 Å². The van der Waals surface area contributed by atoms with Crippen molar-refractivity contribution in [3.63, 3.8) is 0 Å². The van der Waals surface area contributed by atoms with Crippen molar-refractivity contribution in [1.82, 2.24) is 19.6 Å². The number of piperazine rings is 1. The summed E-state index contributed by atoms with van der Waals surface area (Å²) in [5.74, 6) is -1.16. The van der Waals surface area contributed by atoms with E-state index in [-0.39, 0.29) is 18.4 Å². The lowest BCUT2D eigenvalue weighted by Gasteiger charge is -2.38. The van der Waals surface area contributed by atoms with E-state index in [1.807, 2.05) is 30.3 Å². The molecule has 0 saturated carbocycles.